The lowest BCUT2D eigenvalue weighted by molar-refractivity contribution is -0.128. The second kappa shape index (κ2) is 6.66. The number of aryl methyl sites for hydroxylation is 1. The smallest absolute Gasteiger partial charge is 0.222 e. The summed E-state index contributed by atoms with van der Waals surface area (Å²) in [6.07, 6.45) is 1.53. The summed E-state index contributed by atoms with van der Waals surface area (Å²) in [5, 5.41) is 7.69. The maximum absolute atomic E-state index is 11.3. The molecule has 0 unspecified atom stereocenters. The van der Waals surface area contributed by atoms with Crippen LogP contribution in [0.5, 0.6) is 0 Å². The molecule has 0 aliphatic rings. The average molecular weight is 240 g/mol. The van der Waals surface area contributed by atoms with Crippen LogP contribution >= 0.6 is 11.3 Å². The first-order valence-electron chi connectivity index (χ1n) is 5.54. The van der Waals surface area contributed by atoms with Gasteiger partial charge < -0.3 is 10.2 Å². The van der Waals surface area contributed by atoms with Crippen molar-refractivity contribution in [1.29, 1.82) is 0 Å². The number of nitrogens with zero attached hydrogens (tertiary/aromatic N) is 1. The minimum absolute atomic E-state index is 0.202. The third-order valence-electron chi connectivity index (χ3n) is 2.52. The number of hydrogen-bond donors (Lipinski definition) is 1. The average Bonchev–Trinajstić information content (AvgIpc) is 2.63. The van der Waals surface area contributed by atoms with Gasteiger partial charge in [0.05, 0.1) is 0 Å². The number of rotatable bonds is 6. The van der Waals surface area contributed by atoms with Crippen molar-refractivity contribution in [2.45, 2.75) is 26.3 Å². The van der Waals surface area contributed by atoms with Crippen LogP contribution in [-0.2, 0) is 11.3 Å². The van der Waals surface area contributed by atoms with Crippen molar-refractivity contribution in [1.82, 2.24) is 10.2 Å². The Bertz CT molecular complexity index is 334. The Hall–Kier alpha value is -0.870. The van der Waals surface area contributed by atoms with Crippen LogP contribution in [0.25, 0.3) is 0 Å². The minimum atomic E-state index is 0.202. The van der Waals surface area contributed by atoms with E-state index < -0.39 is 0 Å². The lowest BCUT2D eigenvalue weighted by Crippen LogP contribution is -2.23. The zero-order valence-corrected chi connectivity index (χ0v) is 11.1. The molecule has 4 heteroatoms. The van der Waals surface area contributed by atoms with Crippen molar-refractivity contribution < 1.29 is 4.79 Å². The van der Waals surface area contributed by atoms with E-state index in [1.807, 2.05) is 0 Å². The molecule has 0 aromatic carbocycles. The van der Waals surface area contributed by atoms with Gasteiger partial charge in [0.15, 0.2) is 0 Å². The Morgan fingerprint density at radius 3 is 2.75 bits per heavy atom. The van der Waals surface area contributed by atoms with E-state index in [4.69, 9.17) is 0 Å². The molecular weight excluding hydrogens is 220 g/mol. The Balaban J connectivity index is 2.09. The van der Waals surface area contributed by atoms with Gasteiger partial charge in [0.1, 0.15) is 0 Å². The molecule has 0 bridgehead atoms. The number of nitrogens with one attached hydrogen (secondary N) is 1. The van der Waals surface area contributed by atoms with E-state index in [1.165, 1.54) is 11.1 Å². The fourth-order valence-corrected chi connectivity index (χ4v) is 2.24. The predicted molar refractivity (Wildman–Crippen MR) is 68.7 cm³/mol. The van der Waals surface area contributed by atoms with Crippen LogP contribution in [0.4, 0.5) is 0 Å². The minimum Gasteiger partial charge on any atom is -0.349 e. The van der Waals surface area contributed by atoms with Crippen molar-refractivity contribution in [2.75, 3.05) is 20.6 Å². The third-order valence-corrected chi connectivity index (χ3v) is 3.43. The van der Waals surface area contributed by atoms with Crippen LogP contribution in [0.2, 0.25) is 0 Å². The molecule has 1 rings (SSSR count). The van der Waals surface area contributed by atoms with Crippen molar-refractivity contribution in [3.63, 3.8) is 0 Å². The molecule has 90 valence electrons. The summed E-state index contributed by atoms with van der Waals surface area (Å²) in [6, 6.07) is 0. The summed E-state index contributed by atoms with van der Waals surface area (Å²) in [4.78, 5) is 12.9. The van der Waals surface area contributed by atoms with E-state index in [0.717, 1.165) is 19.5 Å². The van der Waals surface area contributed by atoms with Gasteiger partial charge in [-0.05, 0) is 41.8 Å². The first kappa shape index (κ1) is 13.2. The lowest BCUT2D eigenvalue weighted by atomic mass is 10.2. The standard InChI is InChI=1S/C12H20N2OS/c1-10-8-16-9-11(10)7-13-6-4-5-12(15)14(2)3/h8-9,13H,4-7H2,1-3H3. The zero-order chi connectivity index (χ0) is 12.0. The van der Waals surface area contributed by atoms with Crippen LogP contribution in [0.3, 0.4) is 0 Å². The van der Waals surface area contributed by atoms with E-state index in [9.17, 15) is 4.79 Å². The number of hydrogen-bond acceptors (Lipinski definition) is 3. The number of carbonyl (C=O) groups excluding carboxylic acids is 1. The first-order valence-corrected chi connectivity index (χ1v) is 6.48. The van der Waals surface area contributed by atoms with Gasteiger partial charge in [-0.3, -0.25) is 4.79 Å². The van der Waals surface area contributed by atoms with Crippen LogP contribution in [-0.4, -0.2) is 31.4 Å². The fraction of sp³-hybridized carbons (Fsp3) is 0.583. The van der Waals surface area contributed by atoms with E-state index in [-0.39, 0.29) is 5.91 Å². The van der Waals surface area contributed by atoms with E-state index in [1.54, 1.807) is 30.3 Å². The molecule has 1 heterocycles. The van der Waals surface area contributed by atoms with Crippen LogP contribution in [0.15, 0.2) is 10.8 Å². The second-order valence-corrected chi connectivity index (χ2v) is 4.89. The molecule has 1 amide bonds. The summed E-state index contributed by atoms with van der Waals surface area (Å²) in [5.74, 6) is 0.202. The predicted octanol–water partition coefficient (Wildman–Crippen LogP) is 2.01. The molecule has 3 nitrogen and oxygen atoms in total. The zero-order valence-electron chi connectivity index (χ0n) is 10.2. The van der Waals surface area contributed by atoms with Crippen molar-refractivity contribution in [3.05, 3.63) is 21.9 Å². The van der Waals surface area contributed by atoms with Crippen molar-refractivity contribution in [3.8, 4) is 0 Å². The van der Waals surface area contributed by atoms with Crippen molar-refractivity contribution in [2.24, 2.45) is 0 Å². The van der Waals surface area contributed by atoms with Gasteiger partial charge in [-0.15, -0.1) is 0 Å². The van der Waals surface area contributed by atoms with E-state index in [0.29, 0.717) is 6.42 Å². The Labute approximate surface area is 101 Å². The van der Waals surface area contributed by atoms with Gasteiger partial charge in [-0.1, -0.05) is 0 Å². The fourth-order valence-electron chi connectivity index (χ4n) is 1.38. The quantitative estimate of drug-likeness (QED) is 0.772. The first-order chi connectivity index (χ1) is 7.61. The number of carbonyl (C=O) groups is 1. The molecule has 1 aromatic heterocycles. The molecule has 0 aliphatic carbocycles. The monoisotopic (exact) mass is 240 g/mol. The molecule has 1 N–H and O–H groups in total. The highest BCUT2D eigenvalue weighted by atomic mass is 32.1. The molecule has 0 aliphatic heterocycles. The van der Waals surface area contributed by atoms with Crippen LogP contribution in [0.1, 0.15) is 24.0 Å². The van der Waals surface area contributed by atoms with Gasteiger partial charge in [0, 0.05) is 27.1 Å². The summed E-state index contributed by atoms with van der Waals surface area (Å²) in [7, 11) is 3.59. The van der Waals surface area contributed by atoms with Gasteiger partial charge in [-0.2, -0.15) is 11.3 Å². The number of thiophene rings is 1. The summed E-state index contributed by atoms with van der Waals surface area (Å²) in [5.41, 5.74) is 2.71. The second-order valence-electron chi connectivity index (χ2n) is 4.15. The van der Waals surface area contributed by atoms with E-state index >= 15 is 0 Å². The van der Waals surface area contributed by atoms with Gasteiger partial charge in [-0.25, -0.2) is 0 Å². The maximum Gasteiger partial charge on any atom is 0.222 e. The van der Waals surface area contributed by atoms with E-state index in [2.05, 4.69) is 23.0 Å². The molecule has 16 heavy (non-hydrogen) atoms. The van der Waals surface area contributed by atoms with Crippen LogP contribution < -0.4 is 5.32 Å². The Kier molecular flexibility index (Phi) is 5.49. The molecule has 0 radical (unpaired) electrons. The highest BCUT2D eigenvalue weighted by molar-refractivity contribution is 7.08. The molecule has 1 aromatic rings. The number of amides is 1. The molecule has 0 fully saturated rings. The highest BCUT2D eigenvalue weighted by Gasteiger charge is 2.03. The van der Waals surface area contributed by atoms with Gasteiger partial charge in [0.2, 0.25) is 5.91 Å². The molecular formula is C12H20N2OS. The molecule has 0 spiro atoms. The SMILES string of the molecule is Cc1cscc1CNCCCC(=O)N(C)C. The van der Waals surface area contributed by atoms with Gasteiger partial charge >= 0.3 is 0 Å². The van der Waals surface area contributed by atoms with Crippen LogP contribution in [0, 0.1) is 6.92 Å². The lowest BCUT2D eigenvalue weighted by Gasteiger charge is -2.10. The summed E-state index contributed by atoms with van der Waals surface area (Å²) < 4.78 is 0. The molecule has 0 atom stereocenters. The third kappa shape index (κ3) is 4.33. The molecule has 0 saturated carbocycles. The van der Waals surface area contributed by atoms with Gasteiger partial charge in [0.25, 0.3) is 0 Å². The topological polar surface area (TPSA) is 32.3 Å². The van der Waals surface area contributed by atoms with Crippen molar-refractivity contribution >= 4 is 17.2 Å². The summed E-state index contributed by atoms with van der Waals surface area (Å²) >= 11 is 1.74. The largest absolute Gasteiger partial charge is 0.349 e. The Morgan fingerprint density at radius 1 is 1.44 bits per heavy atom. The summed E-state index contributed by atoms with van der Waals surface area (Å²) in [6.45, 7) is 3.93. The maximum atomic E-state index is 11.3. The Morgan fingerprint density at radius 2 is 2.19 bits per heavy atom. The normalized spacial score (nSPS) is 10.4. The highest BCUT2D eigenvalue weighted by Crippen LogP contribution is 2.12. The molecule has 0 saturated heterocycles.